The van der Waals surface area contributed by atoms with Crippen molar-refractivity contribution in [2.24, 2.45) is 0 Å². The van der Waals surface area contributed by atoms with Gasteiger partial charge in [0, 0.05) is 32.2 Å². The summed E-state index contributed by atoms with van der Waals surface area (Å²) in [5.74, 6) is 0.0987. The van der Waals surface area contributed by atoms with E-state index in [2.05, 4.69) is 10.6 Å². The standard InChI is InChI=1S/C11H24N2O2/c1-5-15-10(4)8-12-7-6-11(14)13-9(2)3/h9-10,12H,5-8H2,1-4H3,(H,13,14). The Labute approximate surface area is 92.8 Å². The van der Waals surface area contributed by atoms with Gasteiger partial charge in [0.1, 0.15) is 0 Å². The van der Waals surface area contributed by atoms with Crippen molar-refractivity contribution >= 4 is 5.91 Å². The molecule has 0 spiro atoms. The Kier molecular flexibility index (Phi) is 8.33. The van der Waals surface area contributed by atoms with Gasteiger partial charge < -0.3 is 15.4 Å². The van der Waals surface area contributed by atoms with E-state index >= 15 is 0 Å². The van der Waals surface area contributed by atoms with Crippen LogP contribution in [0.1, 0.15) is 34.1 Å². The smallest absolute Gasteiger partial charge is 0.221 e. The van der Waals surface area contributed by atoms with E-state index in [-0.39, 0.29) is 18.1 Å². The van der Waals surface area contributed by atoms with E-state index in [1.165, 1.54) is 0 Å². The van der Waals surface area contributed by atoms with Gasteiger partial charge in [0.05, 0.1) is 6.10 Å². The summed E-state index contributed by atoms with van der Waals surface area (Å²) in [7, 11) is 0. The molecule has 15 heavy (non-hydrogen) atoms. The molecule has 0 aliphatic heterocycles. The number of rotatable bonds is 8. The Balaban J connectivity index is 3.34. The first kappa shape index (κ1) is 14.4. The second-order valence-electron chi connectivity index (χ2n) is 3.94. The maximum atomic E-state index is 11.2. The third-order valence-electron chi connectivity index (χ3n) is 1.86. The lowest BCUT2D eigenvalue weighted by Gasteiger charge is -2.13. The Morgan fingerprint density at radius 3 is 2.53 bits per heavy atom. The first-order chi connectivity index (χ1) is 7.06. The van der Waals surface area contributed by atoms with Crippen LogP contribution in [-0.2, 0) is 9.53 Å². The van der Waals surface area contributed by atoms with Crippen LogP contribution in [0.15, 0.2) is 0 Å². The first-order valence-corrected chi connectivity index (χ1v) is 5.68. The van der Waals surface area contributed by atoms with Crippen molar-refractivity contribution in [3.8, 4) is 0 Å². The van der Waals surface area contributed by atoms with Crippen LogP contribution in [-0.4, -0.2) is 37.7 Å². The summed E-state index contributed by atoms with van der Waals surface area (Å²) < 4.78 is 5.35. The van der Waals surface area contributed by atoms with Crippen LogP contribution in [0.5, 0.6) is 0 Å². The fourth-order valence-corrected chi connectivity index (χ4v) is 1.24. The molecular formula is C11H24N2O2. The van der Waals surface area contributed by atoms with Crippen LogP contribution in [0.3, 0.4) is 0 Å². The molecule has 0 aromatic heterocycles. The minimum absolute atomic E-state index is 0.0987. The van der Waals surface area contributed by atoms with Gasteiger partial charge in [-0.25, -0.2) is 0 Å². The SMILES string of the molecule is CCOC(C)CNCCC(=O)NC(C)C. The summed E-state index contributed by atoms with van der Waals surface area (Å²) in [6.07, 6.45) is 0.736. The number of carbonyl (C=O) groups excluding carboxylic acids is 1. The number of nitrogens with one attached hydrogen (secondary N) is 2. The van der Waals surface area contributed by atoms with Crippen LogP contribution >= 0.6 is 0 Å². The third kappa shape index (κ3) is 9.69. The van der Waals surface area contributed by atoms with Gasteiger partial charge in [-0.2, -0.15) is 0 Å². The minimum atomic E-state index is 0.0987. The summed E-state index contributed by atoms with van der Waals surface area (Å²) in [5.41, 5.74) is 0. The molecule has 0 aliphatic rings. The van der Waals surface area contributed by atoms with Crippen molar-refractivity contribution in [1.82, 2.24) is 10.6 Å². The highest BCUT2D eigenvalue weighted by Crippen LogP contribution is 1.88. The highest BCUT2D eigenvalue weighted by atomic mass is 16.5. The maximum absolute atomic E-state index is 11.2. The predicted octanol–water partition coefficient (Wildman–Crippen LogP) is 0.916. The van der Waals surface area contributed by atoms with Gasteiger partial charge in [-0.15, -0.1) is 0 Å². The molecule has 4 nitrogen and oxygen atoms in total. The number of hydrogen-bond donors (Lipinski definition) is 2. The highest BCUT2D eigenvalue weighted by Gasteiger charge is 2.03. The quantitative estimate of drug-likeness (QED) is 0.593. The highest BCUT2D eigenvalue weighted by molar-refractivity contribution is 5.76. The maximum Gasteiger partial charge on any atom is 0.221 e. The van der Waals surface area contributed by atoms with Crippen molar-refractivity contribution in [1.29, 1.82) is 0 Å². The molecule has 0 fully saturated rings. The topological polar surface area (TPSA) is 50.4 Å². The van der Waals surface area contributed by atoms with Crippen molar-refractivity contribution in [3.63, 3.8) is 0 Å². The zero-order valence-corrected chi connectivity index (χ0v) is 10.3. The van der Waals surface area contributed by atoms with E-state index in [9.17, 15) is 4.79 Å². The van der Waals surface area contributed by atoms with Crippen LogP contribution in [0.25, 0.3) is 0 Å². The molecule has 0 radical (unpaired) electrons. The summed E-state index contributed by atoms with van der Waals surface area (Å²) >= 11 is 0. The van der Waals surface area contributed by atoms with Gasteiger partial charge in [0.15, 0.2) is 0 Å². The van der Waals surface area contributed by atoms with Crippen molar-refractivity contribution < 1.29 is 9.53 Å². The van der Waals surface area contributed by atoms with E-state index in [4.69, 9.17) is 4.74 Å². The lowest BCUT2D eigenvalue weighted by atomic mass is 10.3. The molecule has 0 bridgehead atoms. The molecule has 0 heterocycles. The Hall–Kier alpha value is -0.610. The van der Waals surface area contributed by atoms with Gasteiger partial charge in [-0.3, -0.25) is 4.79 Å². The molecule has 1 atom stereocenters. The lowest BCUT2D eigenvalue weighted by molar-refractivity contribution is -0.121. The molecule has 0 aromatic rings. The normalized spacial score (nSPS) is 12.9. The van der Waals surface area contributed by atoms with E-state index in [1.54, 1.807) is 0 Å². The van der Waals surface area contributed by atoms with Gasteiger partial charge >= 0.3 is 0 Å². The fraction of sp³-hybridized carbons (Fsp3) is 0.909. The minimum Gasteiger partial charge on any atom is -0.377 e. The van der Waals surface area contributed by atoms with Crippen LogP contribution in [0.4, 0.5) is 0 Å². The summed E-state index contributed by atoms with van der Waals surface area (Å²) in [6, 6.07) is 0.222. The second kappa shape index (κ2) is 8.68. The Bertz CT molecular complexity index is 172. The molecule has 0 saturated heterocycles. The first-order valence-electron chi connectivity index (χ1n) is 5.68. The Morgan fingerprint density at radius 2 is 2.00 bits per heavy atom. The van der Waals surface area contributed by atoms with Gasteiger partial charge in [-0.05, 0) is 27.7 Å². The summed E-state index contributed by atoms with van der Waals surface area (Å²) in [6.45, 7) is 10.2. The van der Waals surface area contributed by atoms with Gasteiger partial charge in [0.25, 0.3) is 0 Å². The molecule has 0 aromatic carbocycles. The number of amides is 1. The lowest BCUT2D eigenvalue weighted by Crippen LogP contribution is -2.34. The zero-order valence-electron chi connectivity index (χ0n) is 10.3. The van der Waals surface area contributed by atoms with E-state index in [1.807, 2.05) is 27.7 Å². The molecule has 1 amide bonds. The molecular weight excluding hydrogens is 192 g/mol. The van der Waals surface area contributed by atoms with Crippen LogP contribution < -0.4 is 10.6 Å². The molecule has 90 valence electrons. The summed E-state index contributed by atoms with van der Waals surface area (Å²) in [4.78, 5) is 11.2. The second-order valence-corrected chi connectivity index (χ2v) is 3.94. The largest absolute Gasteiger partial charge is 0.377 e. The van der Waals surface area contributed by atoms with Crippen LogP contribution in [0, 0.1) is 0 Å². The van der Waals surface area contributed by atoms with Crippen molar-refractivity contribution in [2.45, 2.75) is 46.3 Å². The van der Waals surface area contributed by atoms with Crippen LogP contribution in [0.2, 0.25) is 0 Å². The fourth-order valence-electron chi connectivity index (χ4n) is 1.24. The summed E-state index contributed by atoms with van der Waals surface area (Å²) in [5, 5.41) is 6.03. The molecule has 1 unspecified atom stereocenters. The Morgan fingerprint density at radius 1 is 1.33 bits per heavy atom. The van der Waals surface area contributed by atoms with E-state index < -0.39 is 0 Å². The third-order valence-corrected chi connectivity index (χ3v) is 1.86. The molecule has 0 rings (SSSR count). The average Bonchev–Trinajstić information content (AvgIpc) is 2.12. The molecule has 2 N–H and O–H groups in total. The predicted molar refractivity (Wildman–Crippen MR) is 61.9 cm³/mol. The molecule has 4 heteroatoms. The van der Waals surface area contributed by atoms with Gasteiger partial charge in [0.2, 0.25) is 5.91 Å². The number of carbonyl (C=O) groups is 1. The van der Waals surface area contributed by atoms with Gasteiger partial charge in [-0.1, -0.05) is 0 Å². The molecule has 0 saturated carbocycles. The van der Waals surface area contributed by atoms with Crippen molar-refractivity contribution in [2.75, 3.05) is 19.7 Å². The number of ether oxygens (including phenoxy) is 1. The van der Waals surface area contributed by atoms with Crippen molar-refractivity contribution in [3.05, 3.63) is 0 Å². The molecule has 0 aliphatic carbocycles. The zero-order chi connectivity index (χ0) is 11.7. The number of hydrogen-bond acceptors (Lipinski definition) is 3. The monoisotopic (exact) mass is 216 g/mol. The van der Waals surface area contributed by atoms with E-state index in [0.29, 0.717) is 13.0 Å². The van der Waals surface area contributed by atoms with E-state index in [0.717, 1.165) is 13.2 Å². The average molecular weight is 216 g/mol.